The monoisotopic (exact) mass is 425 g/mol. The Labute approximate surface area is 180 Å². The van der Waals surface area contributed by atoms with E-state index in [0.717, 1.165) is 10.9 Å². The zero-order chi connectivity index (χ0) is 22.4. The van der Waals surface area contributed by atoms with E-state index in [1.807, 2.05) is 42.8 Å². The van der Waals surface area contributed by atoms with Gasteiger partial charge in [-0.3, -0.25) is 14.4 Å². The predicted octanol–water partition coefficient (Wildman–Crippen LogP) is 1.97. The zero-order valence-corrected chi connectivity index (χ0v) is 18.0. The molecule has 0 aliphatic heterocycles. The number of nitrogens with zero attached hydrogens (tertiary/aromatic N) is 4. The quantitative estimate of drug-likeness (QED) is 0.565. The lowest BCUT2D eigenvalue weighted by Gasteiger charge is -2.19. The van der Waals surface area contributed by atoms with Crippen LogP contribution >= 0.6 is 0 Å². The van der Waals surface area contributed by atoms with E-state index in [9.17, 15) is 14.4 Å². The third-order valence-corrected chi connectivity index (χ3v) is 5.06. The first-order valence-corrected chi connectivity index (χ1v) is 10.2. The molecule has 0 aliphatic rings. The minimum absolute atomic E-state index is 0.0644. The van der Waals surface area contributed by atoms with Gasteiger partial charge in [-0.15, -0.1) is 0 Å². The summed E-state index contributed by atoms with van der Waals surface area (Å²) in [5, 5.41) is 7.82. The van der Waals surface area contributed by atoms with E-state index in [2.05, 4.69) is 10.4 Å². The van der Waals surface area contributed by atoms with E-state index in [4.69, 9.17) is 4.74 Å². The highest BCUT2D eigenvalue weighted by Crippen LogP contribution is 2.21. The molecule has 1 N–H and O–H groups in total. The molecule has 2 heterocycles. The summed E-state index contributed by atoms with van der Waals surface area (Å²) in [6.45, 7) is 6.13. The Balaban J connectivity index is 1.75. The topological polar surface area (TPSA) is 98.5 Å². The molecule has 0 atom stereocenters. The lowest BCUT2D eigenvalue weighted by atomic mass is 10.2. The van der Waals surface area contributed by atoms with Crippen LogP contribution in [0.25, 0.3) is 10.9 Å². The van der Waals surface area contributed by atoms with E-state index in [0.29, 0.717) is 25.4 Å². The number of likely N-dealkylation sites (N-methyl/N-ethyl adjacent to an activating group) is 1. The Kier molecular flexibility index (Phi) is 7.19. The van der Waals surface area contributed by atoms with Crippen molar-refractivity contribution in [3.63, 3.8) is 0 Å². The third kappa shape index (κ3) is 5.18. The van der Waals surface area contributed by atoms with Gasteiger partial charge in [0.05, 0.1) is 13.2 Å². The van der Waals surface area contributed by atoms with Gasteiger partial charge in [0.2, 0.25) is 5.91 Å². The molecule has 0 fully saturated rings. The molecule has 3 aromatic rings. The van der Waals surface area contributed by atoms with E-state index >= 15 is 0 Å². The van der Waals surface area contributed by atoms with Crippen molar-refractivity contribution in [1.82, 2.24) is 19.2 Å². The Morgan fingerprint density at radius 3 is 2.61 bits per heavy atom. The van der Waals surface area contributed by atoms with Crippen molar-refractivity contribution in [2.24, 2.45) is 0 Å². The standard InChI is InChI=1S/C22H27N5O4/c1-4-25(5-2)21(29)15-26-11-10-16-14-17(6-8-19(16)26)23-22(30)18-7-9-20(28)27(24-18)12-13-31-3/h6-11,14H,4-5,12-13,15H2,1-3H3,(H,23,30). The lowest BCUT2D eigenvalue weighted by Crippen LogP contribution is -2.33. The van der Waals surface area contributed by atoms with Crippen LogP contribution in [0.5, 0.6) is 0 Å². The zero-order valence-electron chi connectivity index (χ0n) is 18.0. The number of anilines is 1. The van der Waals surface area contributed by atoms with Gasteiger partial charge in [-0.25, -0.2) is 4.68 Å². The van der Waals surface area contributed by atoms with E-state index in [1.165, 1.54) is 23.9 Å². The summed E-state index contributed by atoms with van der Waals surface area (Å²) in [5.74, 6) is -0.351. The van der Waals surface area contributed by atoms with Gasteiger partial charge < -0.3 is 19.5 Å². The van der Waals surface area contributed by atoms with Gasteiger partial charge in [0.25, 0.3) is 11.5 Å². The molecule has 9 nitrogen and oxygen atoms in total. The van der Waals surface area contributed by atoms with Crippen molar-refractivity contribution >= 4 is 28.4 Å². The molecular weight excluding hydrogens is 398 g/mol. The molecule has 9 heteroatoms. The van der Waals surface area contributed by atoms with Gasteiger partial charge in [0.1, 0.15) is 12.2 Å². The van der Waals surface area contributed by atoms with Crippen molar-refractivity contribution in [2.45, 2.75) is 26.9 Å². The van der Waals surface area contributed by atoms with Crippen LogP contribution in [0.2, 0.25) is 0 Å². The maximum atomic E-state index is 12.6. The number of carbonyl (C=O) groups excluding carboxylic acids is 2. The van der Waals surface area contributed by atoms with Crippen molar-refractivity contribution in [2.75, 3.05) is 32.1 Å². The Hall–Kier alpha value is -3.46. The highest BCUT2D eigenvalue weighted by Gasteiger charge is 2.13. The molecule has 0 saturated heterocycles. The molecule has 0 bridgehead atoms. The van der Waals surface area contributed by atoms with Gasteiger partial charge in [-0.2, -0.15) is 5.10 Å². The Morgan fingerprint density at radius 1 is 1.13 bits per heavy atom. The Bertz CT molecular complexity index is 1130. The van der Waals surface area contributed by atoms with Gasteiger partial charge in [0, 0.05) is 49.1 Å². The van der Waals surface area contributed by atoms with Crippen LogP contribution in [0.4, 0.5) is 5.69 Å². The molecule has 31 heavy (non-hydrogen) atoms. The number of benzene rings is 1. The largest absolute Gasteiger partial charge is 0.383 e. The van der Waals surface area contributed by atoms with Crippen molar-refractivity contribution < 1.29 is 14.3 Å². The average molecular weight is 425 g/mol. The summed E-state index contributed by atoms with van der Waals surface area (Å²) >= 11 is 0. The number of ether oxygens (including phenoxy) is 1. The molecule has 164 valence electrons. The highest BCUT2D eigenvalue weighted by molar-refractivity contribution is 6.03. The maximum absolute atomic E-state index is 12.6. The number of hydrogen-bond acceptors (Lipinski definition) is 5. The summed E-state index contributed by atoms with van der Waals surface area (Å²) in [6.07, 6.45) is 1.87. The number of carbonyl (C=O) groups is 2. The molecule has 0 spiro atoms. The fraction of sp³-hybridized carbons (Fsp3) is 0.364. The van der Waals surface area contributed by atoms with E-state index in [1.54, 1.807) is 11.0 Å². The fourth-order valence-corrected chi connectivity index (χ4v) is 3.34. The van der Waals surface area contributed by atoms with E-state index < -0.39 is 5.91 Å². The van der Waals surface area contributed by atoms with Crippen LogP contribution in [0.3, 0.4) is 0 Å². The van der Waals surface area contributed by atoms with Crippen LogP contribution in [-0.4, -0.2) is 57.9 Å². The first-order chi connectivity index (χ1) is 15.0. The number of amides is 2. The average Bonchev–Trinajstić information content (AvgIpc) is 3.15. The van der Waals surface area contributed by atoms with Gasteiger partial charge in [0.15, 0.2) is 0 Å². The molecule has 2 aromatic heterocycles. The SMILES string of the molecule is CCN(CC)C(=O)Cn1ccc2cc(NC(=O)c3ccc(=O)n(CCOC)n3)ccc21. The number of methoxy groups -OCH3 is 1. The second kappa shape index (κ2) is 10.0. The fourth-order valence-electron chi connectivity index (χ4n) is 3.34. The van der Waals surface area contributed by atoms with Crippen LogP contribution in [0.15, 0.2) is 47.4 Å². The minimum Gasteiger partial charge on any atom is -0.383 e. The number of rotatable bonds is 9. The Morgan fingerprint density at radius 2 is 1.90 bits per heavy atom. The number of hydrogen-bond donors (Lipinski definition) is 1. The molecule has 0 unspecified atom stereocenters. The predicted molar refractivity (Wildman–Crippen MR) is 118 cm³/mol. The normalized spacial score (nSPS) is 10.9. The van der Waals surface area contributed by atoms with Crippen molar-refractivity contribution in [3.8, 4) is 0 Å². The lowest BCUT2D eigenvalue weighted by molar-refractivity contribution is -0.131. The molecule has 0 radical (unpaired) electrons. The van der Waals surface area contributed by atoms with Crippen LogP contribution in [0, 0.1) is 0 Å². The molecule has 0 saturated carbocycles. The van der Waals surface area contributed by atoms with Crippen LogP contribution in [0.1, 0.15) is 24.3 Å². The second-order valence-electron chi connectivity index (χ2n) is 7.01. The molecule has 2 amide bonds. The van der Waals surface area contributed by atoms with Crippen molar-refractivity contribution in [1.29, 1.82) is 0 Å². The summed E-state index contributed by atoms with van der Waals surface area (Å²) in [4.78, 5) is 38.7. The number of nitrogens with one attached hydrogen (secondary N) is 1. The maximum Gasteiger partial charge on any atom is 0.276 e. The first kappa shape index (κ1) is 22.2. The summed E-state index contributed by atoms with van der Waals surface area (Å²) in [7, 11) is 1.53. The third-order valence-electron chi connectivity index (χ3n) is 5.06. The minimum atomic E-state index is -0.415. The molecular formula is C22H27N5O4. The molecule has 3 rings (SSSR count). The highest BCUT2D eigenvalue weighted by atomic mass is 16.5. The van der Waals surface area contributed by atoms with Crippen molar-refractivity contribution in [3.05, 3.63) is 58.6 Å². The number of fused-ring (bicyclic) bond motifs is 1. The van der Waals surface area contributed by atoms with Crippen LogP contribution in [-0.2, 0) is 22.6 Å². The first-order valence-electron chi connectivity index (χ1n) is 10.2. The number of aromatic nitrogens is 3. The van der Waals surface area contributed by atoms with E-state index in [-0.39, 0.29) is 30.2 Å². The second-order valence-corrected chi connectivity index (χ2v) is 7.01. The summed E-state index contributed by atoms with van der Waals surface area (Å²) in [5.41, 5.74) is 1.35. The van der Waals surface area contributed by atoms with Gasteiger partial charge >= 0.3 is 0 Å². The van der Waals surface area contributed by atoms with Gasteiger partial charge in [-0.05, 0) is 44.2 Å². The summed E-state index contributed by atoms with van der Waals surface area (Å²) < 4.78 is 8.06. The molecule has 1 aromatic carbocycles. The molecule has 0 aliphatic carbocycles. The summed E-state index contributed by atoms with van der Waals surface area (Å²) in [6, 6.07) is 10.1. The smallest absolute Gasteiger partial charge is 0.276 e. The van der Waals surface area contributed by atoms with Crippen LogP contribution < -0.4 is 10.9 Å². The van der Waals surface area contributed by atoms with Gasteiger partial charge in [-0.1, -0.05) is 0 Å².